The van der Waals surface area contributed by atoms with Crippen LogP contribution in [-0.4, -0.2) is 17.4 Å². The van der Waals surface area contributed by atoms with E-state index in [0.717, 1.165) is 16.7 Å². The lowest BCUT2D eigenvalue weighted by molar-refractivity contribution is 0.588. The van der Waals surface area contributed by atoms with Crippen molar-refractivity contribution in [3.8, 4) is 11.1 Å². The Morgan fingerprint density at radius 1 is 0.962 bits per heavy atom. The van der Waals surface area contributed by atoms with Crippen LogP contribution in [0, 0.1) is 6.92 Å². The molecule has 2 aromatic carbocycles. The van der Waals surface area contributed by atoms with Gasteiger partial charge >= 0.3 is 0 Å². The molecule has 0 unspecified atom stereocenters. The van der Waals surface area contributed by atoms with E-state index in [1.165, 1.54) is 3.97 Å². The summed E-state index contributed by atoms with van der Waals surface area (Å²) < 4.78 is 27.2. The lowest BCUT2D eigenvalue weighted by Gasteiger charge is -2.09. The zero-order chi connectivity index (χ0) is 18.3. The van der Waals surface area contributed by atoms with E-state index < -0.39 is 10.0 Å². The molecule has 0 radical (unpaired) electrons. The maximum absolute atomic E-state index is 13.0. The van der Waals surface area contributed by atoms with Crippen LogP contribution in [0.4, 0.5) is 0 Å². The average Bonchev–Trinajstić information content (AvgIpc) is 3.02. The highest BCUT2D eigenvalue weighted by Crippen LogP contribution is 2.36. The molecular weight excluding hydrogens is 368 g/mol. The van der Waals surface area contributed by atoms with Crippen molar-refractivity contribution in [3.05, 3.63) is 83.6 Å². The molecule has 4 rings (SSSR count). The summed E-state index contributed by atoms with van der Waals surface area (Å²) in [5, 5.41) is 1.15. The highest BCUT2D eigenvalue weighted by atomic mass is 35.5. The maximum atomic E-state index is 13.0. The van der Waals surface area contributed by atoms with Gasteiger partial charge in [-0.1, -0.05) is 60.1 Å². The third-order valence-corrected chi connectivity index (χ3v) is 6.35. The molecule has 6 heteroatoms. The van der Waals surface area contributed by atoms with E-state index >= 15 is 0 Å². The summed E-state index contributed by atoms with van der Waals surface area (Å²) in [5.41, 5.74) is 2.80. The summed E-state index contributed by atoms with van der Waals surface area (Å²) in [5.74, 6) is 0. The molecule has 0 bridgehead atoms. The smallest absolute Gasteiger partial charge is 0.237 e. The van der Waals surface area contributed by atoms with Crippen molar-refractivity contribution >= 4 is 32.7 Å². The minimum Gasteiger partial charge on any atom is -0.237 e. The van der Waals surface area contributed by atoms with Gasteiger partial charge in [0.15, 0.2) is 5.65 Å². The van der Waals surface area contributed by atoms with Gasteiger partial charge in [0, 0.05) is 23.3 Å². The highest BCUT2D eigenvalue weighted by Gasteiger charge is 2.23. The Hall–Kier alpha value is -2.63. The molecule has 26 heavy (non-hydrogen) atoms. The Morgan fingerprint density at radius 2 is 1.58 bits per heavy atom. The molecule has 0 aliphatic carbocycles. The van der Waals surface area contributed by atoms with E-state index in [1.54, 1.807) is 42.7 Å². The second-order valence-electron chi connectivity index (χ2n) is 5.98. The number of benzene rings is 2. The van der Waals surface area contributed by atoms with Gasteiger partial charge in [0.25, 0.3) is 10.0 Å². The minimum absolute atomic E-state index is 0.210. The Bertz CT molecular complexity index is 1200. The molecule has 0 amide bonds. The standard InChI is InChI=1S/C20H15ClN2O2S/c1-14-13-23(26(24,25)16-10-6-3-7-11-16)20-18(14)19(21)17(12-22-20)15-8-4-2-5-9-15/h2-13H,1H3. The summed E-state index contributed by atoms with van der Waals surface area (Å²) >= 11 is 6.64. The Balaban J connectivity index is 1.97. The predicted octanol–water partition coefficient (Wildman–Crippen LogP) is 4.90. The van der Waals surface area contributed by atoms with E-state index in [1.807, 2.05) is 37.3 Å². The molecular formula is C20H15ClN2O2S. The van der Waals surface area contributed by atoms with Crippen LogP contribution < -0.4 is 0 Å². The molecule has 0 fully saturated rings. The number of pyridine rings is 1. The van der Waals surface area contributed by atoms with Gasteiger partial charge in [0.05, 0.1) is 9.92 Å². The van der Waals surface area contributed by atoms with Crippen molar-refractivity contribution < 1.29 is 8.42 Å². The summed E-state index contributed by atoms with van der Waals surface area (Å²) in [6.07, 6.45) is 3.19. The SMILES string of the molecule is Cc1cn(S(=O)(=O)c2ccccc2)c2ncc(-c3ccccc3)c(Cl)c12. The average molecular weight is 383 g/mol. The highest BCUT2D eigenvalue weighted by molar-refractivity contribution is 7.90. The van der Waals surface area contributed by atoms with Crippen molar-refractivity contribution in [2.45, 2.75) is 11.8 Å². The Kier molecular flexibility index (Phi) is 4.05. The number of hydrogen-bond donors (Lipinski definition) is 0. The van der Waals surface area contributed by atoms with Crippen LogP contribution >= 0.6 is 11.6 Å². The maximum Gasteiger partial charge on any atom is 0.269 e. The first-order valence-corrected chi connectivity index (χ1v) is 9.84. The lowest BCUT2D eigenvalue weighted by atomic mass is 10.1. The van der Waals surface area contributed by atoms with Crippen LogP contribution in [0.3, 0.4) is 0 Å². The molecule has 130 valence electrons. The number of hydrogen-bond acceptors (Lipinski definition) is 3. The molecule has 0 N–H and O–H groups in total. The van der Waals surface area contributed by atoms with Crippen LogP contribution in [0.25, 0.3) is 22.2 Å². The molecule has 0 atom stereocenters. The van der Waals surface area contributed by atoms with Gasteiger partial charge in [0.1, 0.15) is 0 Å². The third kappa shape index (κ3) is 2.60. The fourth-order valence-electron chi connectivity index (χ4n) is 3.01. The van der Waals surface area contributed by atoms with E-state index in [-0.39, 0.29) is 4.90 Å². The van der Waals surface area contributed by atoms with E-state index in [2.05, 4.69) is 4.98 Å². The van der Waals surface area contributed by atoms with Crippen LogP contribution in [0.15, 0.2) is 78.0 Å². The minimum atomic E-state index is -3.74. The number of aryl methyl sites for hydroxylation is 1. The van der Waals surface area contributed by atoms with Crippen molar-refractivity contribution in [2.24, 2.45) is 0 Å². The summed E-state index contributed by atoms with van der Waals surface area (Å²) in [7, 11) is -3.74. The van der Waals surface area contributed by atoms with Gasteiger partial charge in [-0.15, -0.1) is 0 Å². The fraction of sp³-hybridized carbons (Fsp3) is 0.0500. The molecule has 0 spiro atoms. The van der Waals surface area contributed by atoms with Gasteiger partial charge in [-0.05, 0) is 30.2 Å². The summed E-state index contributed by atoms with van der Waals surface area (Å²) in [4.78, 5) is 4.64. The van der Waals surface area contributed by atoms with Gasteiger partial charge in [0.2, 0.25) is 0 Å². The normalized spacial score (nSPS) is 11.8. The monoisotopic (exact) mass is 382 g/mol. The third-order valence-electron chi connectivity index (χ3n) is 4.29. The zero-order valence-corrected chi connectivity index (χ0v) is 15.5. The van der Waals surface area contributed by atoms with Crippen molar-refractivity contribution in [1.29, 1.82) is 0 Å². The van der Waals surface area contributed by atoms with Crippen LogP contribution in [0.5, 0.6) is 0 Å². The summed E-state index contributed by atoms with van der Waals surface area (Å²) in [6, 6.07) is 18.0. The summed E-state index contributed by atoms with van der Waals surface area (Å²) in [6.45, 7) is 1.84. The molecule has 2 aromatic heterocycles. The number of rotatable bonds is 3. The zero-order valence-electron chi connectivity index (χ0n) is 13.9. The lowest BCUT2D eigenvalue weighted by Crippen LogP contribution is -2.12. The van der Waals surface area contributed by atoms with Crippen LogP contribution in [0.1, 0.15) is 5.56 Å². The molecule has 0 aliphatic heterocycles. The van der Waals surface area contributed by atoms with Gasteiger partial charge < -0.3 is 0 Å². The van der Waals surface area contributed by atoms with E-state index in [4.69, 9.17) is 11.6 Å². The quantitative estimate of drug-likeness (QED) is 0.506. The topological polar surface area (TPSA) is 52.0 Å². The number of nitrogens with zero attached hydrogens (tertiary/aromatic N) is 2. The van der Waals surface area contributed by atoms with Crippen LogP contribution in [0.2, 0.25) is 5.02 Å². The first kappa shape index (κ1) is 16.8. The van der Waals surface area contributed by atoms with Crippen molar-refractivity contribution in [1.82, 2.24) is 8.96 Å². The van der Waals surface area contributed by atoms with E-state index in [9.17, 15) is 8.42 Å². The fourth-order valence-corrected chi connectivity index (χ4v) is 4.79. The van der Waals surface area contributed by atoms with Gasteiger partial charge in [-0.2, -0.15) is 0 Å². The number of halogens is 1. The molecule has 2 heterocycles. The van der Waals surface area contributed by atoms with Crippen molar-refractivity contribution in [2.75, 3.05) is 0 Å². The largest absolute Gasteiger partial charge is 0.269 e. The number of fused-ring (bicyclic) bond motifs is 1. The first-order valence-electron chi connectivity index (χ1n) is 8.02. The van der Waals surface area contributed by atoms with E-state index in [0.29, 0.717) is 16.1 Å². The molecule has 4 nitrogen and oxygen atoms in total. The first-order chi connectivity index (χ1) is 12.5. The van der Waals surface area contributed by atoms with Gasteiger partial charge in [-0.3, -0.25) is 0 Å². The van der Waals surface area contributed by atoms with Gasteiger partial charge in [-0.25, -0.2) is 17.4 Å². The second-order valence-corrected chi connectivity index (χ2v) is 8.17. The second kappa shape index (κ2) is 6.27. The number of aromatic nitrogens is 2. The molecule has 0 saturated heterocycles. The molecule has 0 saturated carbocycles. The Labute approximate surface area is 156 Å². The molecule has 4 aromatic rings. The Morgan fingerprint density at radius 3 is 2.23 bits per heavy atom. The van der Waals surface area contributed by atoms with Crippen molar-refractivity contribution in [3.63, 3.8) is 0 Å². The predicted molar refractivity (Wildman–Crippen MR) is 104 cm³/mol. The molecule has 0 aliphatic rings. The van der Waals surface area contributed by atoms with Crippen LogP contribution in [-0.2, 0) is 10.0 Å².